The average Bonchev–Trinajstić information content (AvgIpc) is 2.90. The van der Waals surface area contributed by atoms with Crippen LogP contribution in [0, 0.1) is 0 Å². The van der Waals surface area contributed by atoms with Crippen LogP contribution in [0.1, 0.15) is 43.9 Å². The number of carbonyl (C=O) groups is 3. The zero-order chi connectivity index (χ0) is 17.7. The van der Waals surface area contributed by atoms with Gasteiger partial charge in [-0.25, -0.2) is 4.79 Å². The molecular formula is C18H24N2O4. The molecule has 0 saturated carbocycles. The lowest BCUT2D eigenvalue weighted by molar-refractivity contribution is -0.147. The molecule has 0 unspecified atom stereocenters. The van der Waals surface area contributed by atoms with E-state index < -0.39 is 30.1 Å². The van der Waals surface area contributed by atoms with Crippen molar-refractivity contribution in [2.75, 3.05) is 6.61 Å². The molecule has 0 aromatic heterocycles. The van der Waals surface area contributed by atoms with Gasteiger partial charge in [-0.1, -0.05) is 18.2 Å². The van der Waals surface area contributed by atoms with E-state index in [1.807, 2.05) is 12.1 Å². The standard InChI is InChI=1S/C18H24N2O4/c1-18(2,3)20-17(23)19-15(21)11-24-16(22)10-12-7-8-13-5-4-6-14(13)9-12/h7-9H,4-6,10-11H2,1-3H3,(H2,19,20,21,23). The van der Waals surface area contributed by atoms with Crippen LogP contribution in [0.25, 0.3) is 0 Å². The first-order chi connectivity index (χ1) is 11.2. The van der Waals surface area contributed by atoms with Gasteiger partial charge < -0.3 is 10.1 Å². The fourth-order valence-electron chi connectivity index (χ4n) is 2.63. The van der Waals surface area contributed by atoms with Gasteiger partial charge in [0.25, 0.3) is 5.91 Å². The molecule has 24 heavy (non-hydrogen) atoms. The van der Waals surface area contributed by atoms with Crippen molar-refractivity contribution < 1.29 is 19.1 Å². The highest BCUT2D eigenvalue weighted by molar-refractivity contribution is 5.95. The maximum Gasteiger partial charge on any atom is 0.321 e. The van der Waals surface area contributed by atoms with Crippen LogP contribution in [0.5, 0.6) is 0 Å². The minimum atomic E-state index is -0.654. The number of rotatable bonds is 4. The Balaban J connectivity index is 1.75. The van der Waals surface area contributed by atoms with E-state index in [1.54, 1.807) is 20.8 Å². The number of imide groups is 1. The Morgan fingerprint density at radius 1 is 1.12 bits per heavy atom. The number of nitrogens with one attached hydrogen (secondary N) is 2. The Kier molecular flexibility index (Phi) is 5.59. The summed E-state index contributed by atoms with van der Waals surface area (Å²) in [4.78, 5) is 35.0. The number of benzene rings is 1. The SMILES string of the molecule is CC(C)(C)NC(=O)NC(=O)COC(=O)Cc1ccc2c(c1)CCC2. The first-order valence-electron chi connectivity index (χ1n) is 8.11. The third-order valence-corrected chi connectivity index (χ3v) is 3.62. The van der Waals surface area contributed by atoms with Gasteiger partial charge in [0.05, 0.1) is 6.42 Å². The molecule has 3 amide bonds. The molecule has 130 valence electrons. The number of esters is 1. The third kappa shape index (κ3) is 5.68. The van der Waals surface area contributed by atoms with E-state index in [2.05, 4.69) is 16.7 Å². The van der Waals surface area contributed by atoms with E-state index in [1.165, 1.54) is 11.1 Å². The first kappa shape index (κ1) is 18.0. The average molecular weight is 332 g/mol. The molecule has 0 fully saturated rings. The van der Waals surface area contributed by atoms with Crippen LogP contribution in [0.2, 0.25) is 0 Å². The normalized spacial score (nSPS) is 13.1. The van der Waals surface area contributed by atoms with E-state index in [0.717, 1.165) is 24.8 Å². The smallest absolute Gasteiger partial charge is 0.321 e. The molecule has 0 heterocycles. The molecule has 2 rings (SSSR count). The van der Waals surface area contributed by atoms with Crippen molar-refractivity contribution in [3.63, 3.8) is 0 Å². The number of hydrogen-bond donors (Lipinski definition) is 2. The molecule has 1 aromatic carbocycles. The molecular weight excluding hydrogens is 308 g/mol. The molecule has 0 radical (unpaired) electrons. The molecule has 0 aliphatic heterocycles. The molecule has 0 bridgehead atoms. The van der Waals surface area contributed by atoms with Crippen molar-refractivity contribution in [2.24, 2.45) is 0 Å². The highest BCUT2D eigenvalue weighted by Gasteiger charge is 2.17. The second-order valence-electron chi connectivity index (χ2n) is 7.05. The fourth-order valence-corrected chi connectivity index (χ4v) is 2.63. The Morgan fingerprint density at radius 3 is 2.54 bits per heavy atom. The van der Waals surface area contributed by atoms with Gasteiger partial charge in [0.2, 0.25) is 0 Å². The summed E-state index contributed by atoms with van der Waals surface area (Å²) in [7, 11) is 0. The van der Waals surface area contributed by atoms with Gasteiger partial charge in [0, 0.05) is 5.54 Å². The molecule has 1 aliphatic rings. The van der Waals surface area contributed by atoms with E-state index >= 15 is 0 Å². The summed E-state index contributed by atoms with van der Waals surface area (Å²) in [6, 6.07) is 5.39. The second kappa shape index (κ2) is 7.47. The van der Waals surface area contributed by atoms with Gasteiger partial charge in [0.15, 0.2) is 6.61 Å². The predicted molar refractivity (Wildman–Crippen MR) is 89.6 cm³/mol. The van der Waals surface area contributed by atoms with Crippen LogP contribution in [0.3, 0.4) is 0 Å². The van der Waals surface area contributed by atoms with Gasteiger partial charge in [-0.3, -0.25) is 14.9 Å². The Morgan fingerprint density at radius 2 is 1.83 bits per heavy atom. The molecule has 0 spiro atoms. The summed E-state index contributed by atoms with van der Waals surface area (Å²) in [5.74, 6) is -1.14. The van der Waals surface area contributed by atoms with Crippen molar-refractivity contribution in [1.29, 1.82) is 0 Å². The van der Waals surface area contributed by atoms with Crippen LogP contribution in [-0.2, 0) is 33.6 Å². The maximum atomic E-state index is 11.8. The van der Waals surface area contributed by atoms with E-state index in [9.17, 15) is 14.4 Å². The van der Waals surface area contributed by atoms with Crippen LogP contribution in [-0.4, -0.2) is 30.1 Å². The van der Waals surface area contributed by atoms with E-state index in [-0.39, 0.29) is 6.42 Å². The zero-order valence-electron chi connectivity index (χ0n) is 14.4. The van der Waals surface area contributed by atoms with Crippen LogP contribution in [0.15, 0.2) is 18.2 Å². The van der Waals surface area contributed by atoms with Gasteiger partial charge >= 0.3 is 12.0 Å². The van der Waals surface area contributed by atoms with Crippen molar-refractivity contribution in [3.8, 4) is 0 Å². The maximum absolute atomic E-state index is 11.8. The number of fused-ring (bicyclic) bond motifs is 1. The van der Waals surface area contributed by atoms with Crippen LogP contribution < -0.4 is 10.6 Å². The monoisotopic (exact) mass is 332 g/mol. The summed E-state index contributed by atoms with van der Waals surface area (Å²) < 4.78 is 4.93. The van der Waals surface area contributed by atoms with Gasteiger partial charge in [-0.2, -0.15) is 0 Å². The van der Waals surface area contributed by atoms with E-state index in [0.29, 0.717) is 0 Å². The highest BCUT2D eigenvalue weighted by atomic mass is 16.5. The van der Waals surface area contributed by atoms with Crippen LogP contribution in [0.4, 0.5) is 4.79 Å². The number of carbonyl (C=O) groups excluding carboxylic acids is 3. The van der Waals surface area contributed by atoms with Crippen LogP contribution >= 0.6 is 0 Å². The van der Waals surface area contributed by atoms with Gasteiger partial charge in [-0.15, -0.1) is 0 Å². The number of hydrogen-bond acceptors (Lipinski definition) is 4. The topological polar surface area (TPSA) is 84.5 Å². The summed E-state index contributed by atoms with van der Waals surface area (Å²) in [5, 5.41) is 4.71. The second-order valence-corrected chi connectivity index (χ2v) is 7.05. The number of aryl methyl sites for hydroxylation is 2. The lowest BCUT2D eigenvalue weighted by atomic mass is 10.0. The molecule has 6 heteroatoms. The Labute approximate surface area is 142 Å². The number of amides is 3. The third-order valence-electron chi connectivity index (χ3n) is 3.62. The highest BCUT2D eigenvalue weighted by Crippen LogP contribution is 2.23. The molecule has 0 saturated heterocycles. The van der Waals surface area contributed by atoms with Crippen molar-refractivity contribution in [3.05, 3.63) is 34.9 Å². The molecule has 0 atom stereocenters. The molecule has 2 N–H and O–H groups in total. The quantitative estimate of drug-likeness (QED) is 0.825. The Bertz CT molecular complexity index is 647. The van der Waals surface area contributed by atoms with Crippen molar-refractivity contribution in [2.45, 2.75) is 52.0 Å². The minimum Gasteiger partial charge on any atom is -0.455 e. The van der Waals surface area contributed by atoms with Crippen molar-refractivity contribution >= 4 is 17.9 Å². The molecule has 1 aromatic rings. The number of ether oxygens (including phenoxy) is 1. The minimum absolute atomic E-state index is 0.120. The van der Waals surface area contributed by atoms with Gasteiger partial charge in [-0.05, 0) is 56.7 Å². The summed E-state index contributed by atoms with van der Waals surface area (Å²) in [5.41, 5.74) is 3.06. The summed E-state index contributed by atoms with van der Waals surface area (Å²) in [6.45, 7) is 4.93. The first-order valence-corrected chi connectivity index (χ1v) is 8.11. The Hall–Kier alpha value is -2.37. The zero-order valence-corrected chi connectivity index (χ0v) is 14.4. The molecule has 1 aliphatic carbocycles. The number of urea groups is 1. The summed E-state index contributed by atoms with van der Waals surface area (Å²) >= 11 is 0. The largest absolute Gasteiger partial charge is 0.455 e. The van der Waals surface area contributed by atoms with E-state index in [4.69, 9.17) is 4.74 Å². The fraction of sp³-hybridized carbons (Fsp3) is 0.500. The van der Waals surface area contributed by atoms with Crippen molar-refractivity contribution in [1.82, 2.24) is 10.6 Å². The predicted octanol–water partition coefficient (Wildman–Crippen LogP) is 1.89. The lowest BCUT2D eigenvalue weighted by Gasteiger charge is -2.20. The molecule has 6 nitrogen and oxygen atoms in total. The lowest BCUT2D eigenvalue weighted by Crippen LogP contribution is -2.49. The van der Waals surface area contributed by atoms with Gasteiger partial charge in [0.1, 0.15) is 0 Å². The summed E-state index contributed by atoms with van der Waals surface area (Å²) in [6.07, 6.45) is 3.41.